The van der Waals surface area contributed by atoms with Gasteiger partial charge < -0.3 is 0 Å². The van der Waals surface area contributed by atoms with Crippen LogP contribution in [0.2, 0.25) is 0 Å². The number of hydrogen-bond donors (Lipinski definition) is 0. The molecule has 1 atom stereocenters. The number of nitrogens with zero attached hydrogens (tertiary/aromatic N) is 1. The molecule has 134 valence electrons. The Hall–Kier alpha value is -2.63. The van der Waals surface area contributed by atoms with Crippen molar-refractivity contribution in [1.82, 2.24) is 3.97 Å². The summed E-state index contributed by atoms with van der Waals surface area (Å²) >= 11 is 1.70. The number of aryl methyl sites for hydroxylation is 1. The number of fused-ring (bicyclic) bond motifs is 3. The Morgan fingerprint density at radius 2 is 1.63 bits per heavy atom. The zero-order valence-electron chi connectivity index (χ0n) is 14.7. The van der Waals surface area contributed by atoms with Gasteiger partial charge in [0.25, 0.3) is 10.0 Å². The first-order valence-corrected chi connectivity index (χ1v) is 11.0. The van der Waals surface area contributed by atoms with Crippen LogP contribution in [0.4, 0.5) is 0 Å². The minimum atomic E-state index is -3.61. The Balaban J connectivity index is 1.69. The molecule has 1 aliphatic carbocycles. The minimum absolute atomic E-state index is 0.0886. The molecule has 0 unspecified atom stereocenters. The zero-order chi connectivity index (χ0) is 18.6. The van der Waals surface area contributed by atoms with E-state index in [1.165, 1.54) is 14.4 Å². The molecule has 2 heterocycles. The molecule has 0 N–H and O–H groups in total. The van der Waals surface area contributed by atoms with E-state index in [2.05, 4.69) is 23.6 Å². The van der Waals surface area contributed by atoms with E-state index in [9.17, 15) is 8.42 Å². The summed E-state index contributed by atoms with van der Waals surface area (Å²) in [5.41, 5.74) is 5.44. The van der Waals surface area contributed by atoms with Crippen molar-refractivity contribution in [2.75, 3.05) is 0 Å². The largest absolute Gasteiger partial charge is 0.267 e. The Morgan fingerprint density at radius 1 is 0.852 bits per heavy atom. The fourth-order valence-electron chi connectivity index (χ4n) is 3.80. The summed E-state index contributed by atoms with van der Waals surface area (Å²) < 4.78 is 27.6. The monoisotopic (exact) mass is 391 g/mol. The van der Waals surface area contributed by atoms with Crippen LogP contribution in [-0.4, -0.2) is 12.4 Å². The molecule has 0 aliphatic heterocycles. The van der Waals surface area contributed by atoms with Crippen molar-refractivity contribution < 1.29 is 8.42 Å². The second-order valence-electron chi connectivity index (χ2n) is 6.81. The van der Waals surface area contributed by atoms with E-state index in [4.69, 9.17) is 0 Å². The number of hydrogen-bond acceptors (Lipinski definition) is 3. The highest BCUT2D eigenvalue weighted by Crippen LogP contribution is 2.49. The highest BCUT2D eigenvalue weighted by Gasteiger charge is 2.33. The van der Waals surface area contributed by atoms with E-state index in [0.717, 1.165) is 22.3 Å². The third-order valence-corrected chi connectivity index (χ3v) is 7.70. The lowest BCUT2D eigenvalue weighted by molar-refractivity contribution is 0.587. The molecule has 0 spiro atoms. The number of benzene rings is 2. The van der Waals surface area contributed by atoms with E-state index in [-0.39, 0.29) is 5.92 Å². The first kappa shape index (κ1) is 16.5. The molecule has 0 saturated heterocycles. The Kier molecular flexibility index (Phi) is 3.64. The smallest absolute Gasteiger partial charge is 0.248 e. The first-order chi connectivity index (χ1) is 13.1. The summed E-state index contributed by atoms with van der Waals surface area (Å²) in [6.07, 6.45) is 3.55. The Bertz CT molecular complexity index is 1230. The number of aromatic nitrogens is 1. The molecule has 1 aliphatic rings. The molecule has 4 aromatic rings. The van der Waals surface area contributed by atoms with Crippen molar-refractivity contribution >= 4 is 21.4 Å². The van der Waals surface area contributed by atoms with Crippen LogP contribution in [0.15, 0.2) is 83.3 Å². The van der Waals surface area contributed by atoms with Crippen LogP contribution < -0.4 is 0 Å². The highest BCUT2D eigenvalue weighted by molar-refractivity contribution is 7.90. The maximum Gasteiger partial charge on any atom is 0.267 e. The van der Waals surface area contributed by atoms with Gasteiger partial charge in [0, 0.05) is 28.8 Å². The van der Waals surface area contributed by atoms with Crippen molar-refractivity contribution in [2.24, 2.45) is 0 Å². The van der Waals surface area contributed by atoms with Gasteiger partial charge >= 0.3 is 0 Å². The topological polar surface area (TPSA) is 39.1 Å². The van der Waals surface area contributed by atoms with Crippen LogP contribution in [0.25, 0.3) is 11.1 Å². The van der Waals surface area contributed by atoms with Gasteiger partial charge in [-0.1, -0.05) is 48.0 Å². The van der Waals surface area contributed by atoms with E-state index in [1.54, 1.807) is 35.9 Å². The normalized spacial score (nSPS) is 15.5. The average molecular weight is 392 g/mol. The van der Waals surface area contributed by atoms with Gasteiger partial charge in [-0.2, -0.15) is 0 Å². The first-order valence-electron chi connectivity index (χ1n) is 8.72. The summed E-state index contributed by atoms with van der Waals surface area (Å²) in [4.78, 5) is 1.54. The maximum absolute atomic E-state index is 13.1. The zero-order valence-corrected chi connectivity index (χ0v) is 16.3. The van der Waals surface area contributed by atoms with Gasteiger partial charge in [0.2, 0.25) is 0 Å². The van der Waals surface area contributed by atoms with Crippen LogP contribution in [0, 0.1) is 6.92 Å². The van der Waals surface area contributed by atoms with E-state index < -0.39 is 10.0 Å². The number of rotatable bonds is 3. The van der Waals surface area contributed by atoms with Crippen molar-refractivity contribution in [3.8, 4) is 11.1 Å². The number of thiophene rings is 1. The molecule has 5 heteroatoms. The Morgan fingerprint density at radius 3 is 2.37 bits per heavy atom. The van der Waals surface area contributed by atoms with Gasteiger partial charge in [-0.05, 0) is 47.2 Å². The third-order valence-electron chi connectivity index (χ3n) is 5.13. The average Bonchev–Trinajstić information content (AvgIpc) is 3.38. The van der Waals surface area contributed by atoms with Crippen molar-refractivity contribution in [1.29, 1.82) is 0 Å². The third kappa shape index (κ3) is 2.50. The predicted octanol–water partition coefficient (Wildman–Crippen LogP) is 5.26. The molecule has 27 heavy (non-hydrogen) atoms. The molecule has 2 aromatic carbocycles. The molecule has 0 bridgehead atoms. The summed E-state index contributed by atoms with van der Waals surface area (Å²) in [5, 5.41) is 2.07. The summed E-state index contributed by atoms with van der Waals surface area (Å²) in [6.45, 7) is 1.95. The van der Waals surface area contributed by atoms with Gasteiger partial charge in [-0.25, -0.2) is 12.4 Å². The standard InChI is InChI=1S/C22H17NO2S2/c1-15-8-10-16(11-9-15)27(24,25)23-13-19-17-5-2-3-6-18(17)22(20(19)14-23)21-7-4-12-26-21/h2-14,22H,1H3/t22-/m1/s1. The van der Waals surface area contributed by atoms with Crippen LogP contribution >= 0.6 is 11.3 Å². The highest BCUT2D eigenvalue weighted by atomic mass is 32.2. The Labute approximate surface area is 162 Å². The van der Waals surface area contributed by atoms with Gasteiger partial charge in [0.05, 0.1) is 4.90 Å². The maximum atomic E-state index is 13.1. The van der Waals surface area contributed by atoms with Crippen LogP contribution in [0.3, 0.4) is 0 Å². The lowest BCUT2D eigenvalue weighted by Crippen LogP contribution is -2.11. The molecule has 0 amide bonds. The van der Waals surface area contributed by atoms with Crippen LogP contribution in [0.1, 0.15) is 27.5 Å². The fourth-order valence-corrected chi connectivity index (χ4v) is 5.88. The second-order valence-corrected chi connectivity index (χ2v) is 9.63. The van der Waals surface area contributed by atoms with Gasteiger partial charge in [-0.3, -0.25) is 0 Å². The summed E-state index contributed by atoms with van der Waals surface area (Å²) in [7, 11) is -3.61. The van der Waals surface area contributed by atoms with Crippen molar-refractivity contribution in [3.05, 3.63) is 100 Å². The lowest BCUT2D eigenvalue weighted by atomic mass is 9.97. The second kappa shape index (κ2) is 5.94. The van der Waals surface area contributed by atoms with Crippen LogP contribution in [-0.2, 0) is 10.0 Å². The molecular formula is C22H17NO2S2. The molecule has 0 saturated carbocycles. The lowest BCUT2D eigenvalue weighted by Gasteiger charge is -2.12. The molecule has 3 nitrogen and oxygen atoms in total. The van der Waals surface area contributed by atoms with Gasteiger partial charge in [0.15, 0.2) is 0 Å². The molecule has 0 fully saturated rings. The van der Waals surface area contributed by atoms with Crippen LogP contribution in [0.5, 0.6) is 0 Å². The molecule has 5 rings (SSSR count). The van der Waals surface area contributed by atoms with E-state index >= 15 is 0 Å². The molecular weight excluding hydrogens is 374 g/mol. The minimum Gasteiger partial charge on any atom is -0.248 e. The molecule has 0 radical (unpaired) electrons. The van der Waals surface area contributed by atoms with Gasteiger partial charge in [-0.15, -0.1) is 11.3 Å². The summed E-state index contributed by atoms with van der Waals surface area (Å²) in [5.74, 6) is 0.0886. The fraction of sp³-hybridized carbons (Fsp3) is 0.0909. The predicted molar refractivity (Wildman–Crippen MR) is 109 cm³/mol. The SMILES string of the molecule is Cc1ccc(S(=O)(=O)n2cc3c(c2)[C@H](c2cccs2)c2ccccc2-3)cc1. The molecule has 2 aromatic heterocycles. The summed E-state index contributed by atoms with van der Waals surface area (Å²) in [6, 6.07) is 19.4. The van der Waals surface area contributed by atoms with Crippen molar-refractivity contribution in [3.63, 3.8) is 0 Å². The van der Waals surface area contributed by atoms with Gasteiger partial charge in [0.1, 0.15) is 0 Å². The van der Waals surface area contributed by atoms with E-state index in [1.807, 2.05) is 37.3 Å². The van der Waals surface area contributed by atoms with E-state index in [0.29, 0.717) is 4.90 Å². The van der Waals surface area contributed by atoms with Crippen molar-refractivity contribution in [2.45, 2.75) is 17.7 Å². The quantitative estimate of drug-likeness (QED) is 0.421.